The SMILES string of the molecule is C[Si](C)(C)OC(c1ccccc1)N(Cc1ccccc1)C(=O)OCc1ccccc1. The zero-order valence-electron chi connectivity index (χ0n) is 17.8. The highest BCUT2D eigenvalue weighted by Gasteiger charge is 2.31. The Hall–Kier alpha value is -2.89. The van der Waals surface area contributed by atoms with Gasteiger partial charge in [-0.3, -0.25) is 4.90 Å². The van der Waals surface area contributed by atoms with E-state index in [0.717, 1.165) is 16.7 Å². The van der Waals surface area contributed by atoms with Crippen molar-refractivity contribution in [2.45, 2.75) is 39.0 Å². The summed E-state index contributed by atoms with van der Waals surface area (Å²) in [6.07, 6.45) is -0.906. The van der Waals surface area contributed by atoms with Crippen molar-refractivity contribution < 1.29 is 14.0 Å². The van der Waals surface area contributed by atoms with Crippen molar-refractivity contribution in [1.29, 1.82) is 0 Å². The van der Waals surface area contributed by atoms with Crippen molar-refractivity contribution in [3.63, 3.8) is 0 Å². The number of rotatable bonds is 8. The Kier molecular flexibility index (Phi) is 7.44. The Morgan fingerprint density at radius 2 is 1.30 bits per heavy atom. The maximum absolute atomic E-state index is 13.3. The Morgan fingerprint density at radius 3 is 1.83 bits per heavy atom. The summed E-state index contributed by atoms with van der Waals surface area (Å²) in [5.74, 6) is 0. The van der Waals surface area contributed by atoms with E-state index in [1.807, 2.05) is 91.0 Å². The van der Waals surface area contributed by atoms with Gasteiger partial charge in [0, 0.05) is 5.56 Å². The number of hydrogen-bond acceptors (Lipinski definition) is 3. The Morgan fingerprint density at radius 1 is 0.800 bits per heavy atom. The van der Waals surface area contributed by atoms with E-state index in [1.54, 1.807) is 4.90 Å². The molecule has 1 amide bonds. The molecule has 1 unspecified atom stereocenters. The van der Waals surface area contributed by atoms with E-state index in [1.165, 1.54) is 0 Å². The van der Waals surface area contributed by atoms with Crippen LogP contribution in [-0.2, 0) is 22.3 Å². The molecule has 0 aliphatic carbocycles. The van der Waals surface area contributed by atoms with E-state index < -0.39 is 20.6 Å². The van der Waals surface area contributed by atoms with Crippen LogP contribution in [0.1, 0.15) is 22.9 Å². The molecule has 0 fully saturated rings. The van der Waals surface area contributed by atoms with E-state index in [0.29, 0.717) is 6.54 Å². The fourth-order valence-corrected chi connectivity index (χ4v) is 4.02. The molecule has 0 bridgehead atoms. The molecule has 0 aromatic heterocycles. The topological polar surface area (TPSA) is 38.8 Å². The molecule has 0 saturated carbocycles. The summed E-state index contributed by atoms with van der Waals surface area (Å²) in [7, 11) is -1.97. The van der Waals surface area contributed by atoms with Crippen molar-refractivity contribution >= 4 is 14.4 Å². The normalized spacial score (nSPS) is 12.2. The first kappa shape index (κ1) is 21.8. The predicted octanol–water partition coefficient (Wildman–Crippen LogP) is 6.38. The highest BCUT2D eigenvalue weighted by atomic mass is 28.4. The van der Waals surface area contributed by atoms with Crippen LogP contribution in [0.15, 0.2) is 91.0 Å². The van der Waals surface area contributed by atoms with Crippen LogP contribution in [0.5, 0.6) is 0 Å². The summed E-state index contributed by atoms with van der Waals surface area (Å²) in [4.78, 5) is 14.9. The van der Waals surface area contributed by atoms with Crippen LogP contribution in [0.2, 0.25) is 19.6 Å². The molecule has 0 N–H and O–H groups in total. The molecule has 30 heavy (non-hydrogen) atoms. The molecular formula is C25H29NO3Si. The van der Waals surface area contributed by atoms with Crippen molar-refractivity contribution in [1.82, 2.24) is 4.90 Å². The highest BCUT2D eigenvalue weighted by Crippen LogP contribution is 2.29. The fourth-order valence-electron chi connectivity index (χ4n) is 3.09. The summed E-state index contributed by atoms with van der Waals surface area (Å²) in [5.41, 5.74) is 2.91. The number of amides is 1. The Balaban J connectivity index is 1.89. The van der Waals surface area contributed by atoms with E-state index in [9.17, 15) is 4.79 Å². The molecule has 0 aliphatic rings. The highest BCUT2D eigenvalue weighted by molar-refractivity contribution is 6.69. The van der Waals surface area contributed by atoms with Crippen molar-refractivity contribution in [2.75, 3.05) is 0 Å². The number of carbonyl (C=O) groups excluding carboxylic acids is 1. The second kappa shape index (κ2) is 10.2. The van der Waals surface area contributed by atoms with Crippen LogP contribution in [0.3, 0.4) is 0 Å². The average Bonchev–Trinajstić information content (AvgIpc) is 2.76. The number of nitrogens with zero attached hydrogens (tertiary/aromatic N) is 1. The number of carbonyl (C=O) groups is 1. The van der Waals surface area contributed by atoms with Crippen molar-refractivity contribution in [3.05, 3.63) is 108 Å². The lowest BCUT2D eigenvalue weighted by atomic mass is 10.1. The van der Waals surface area contributed by atoms with Crippen molar-refractivity contribution in [2.24, 2.45) is 0 Å². The molecule has 0 aliphatic heterocycles. The summed E-state index contributed by atoms with van der Waals surface area (Å²) >= 11 is 0. The third-order valence-corrected chi connectivity index (χ3v) is 5.40. The summed E-state index contributed by atoms with van der Waals surface area (Å²) in [6, 6.07) is 29.5. The zero-order valence-corrected chi connectivity index (χ0v) is 18.8. The average molecular weight is 420 g/mol. The van der Waals surface area contributed by atoms with Crippen LogP contribution in [-0.4, -0.2) is 19.3 Å². The molecular weight excluding hydrogens is 390 g/mol. The molecule has 0 saturated heterocycles. The lowest BCUT2D eigenvalue weighted by Crippen LogP contribution is -2.41. The minimum absolute atomic E-state index is 0.222. The third-order valence-electron chi connectivity index (χ3n) is 4.47. The predicted molar refractivity (Wildman–Crippen MR) is 122 cm³/mol. The third kappa shape index (κ3) is 6.58. The van der Waals surface area contributed by atoms with Gasteiger partial charge >= 0.3 is 6.09 Å². The van der Waals surface area contributed by atoms with Gasteiger partial charge in [0.05, 0.1) is 6.54 Å². The molecule has 0 radical (unpaired) electrons. The molecule has 3 aromatic carbocycles. The minimum Gasteiger partial charge on any atom is -0.444 e. The first-order valence-electron chi connectivity index (χ1n) is 10.2. The molecule has 5 heteroatoms. The zero-order chi connectivity index (χ0) is 21.4. The second-order valence-corrected chi connectivity index (χ2v) is 12.6. The van der Waals surface area contributed by atoms with E-state index in [2.05, 4.69) is 19.6 Å². The first-order valence-corrected chi connectivity index (χ1v) is 13.6. The van der Waals surface area contributed by atoms with Gasteiger partial charge in [-0.15, -0.1) is 0 Å². The van der Waals surface area contributed by atoms with Crippen LogP contribution in [0.4, 0.5) is 4.79 Å². The monoisotopic (exact) mass is 419 g/mol. The van der Waals surface area contributed by atoms with Gasteiger partial charge in [0.25, 0.3) is 0 Å². The number of ether oxygens (including phenoxy) is 1. The van der Waals surface area contributed by atoms with E-state index >= 15 is 0 Å². The van der Waals surface area contributed by atoms with Gasteiger partial charge in [-0.25, -0.2) is 4.79 Å². The van der Waals surface area contributed by atoms with Gasteiger partial charge in [-0.1, -0.05) is 91.0 Å². The van der Waals surface area contributed by atoms with E-state index in [-0.39, 0.29) is 6.61 Å². The smallest absolute Gasteiger partial charge is 0.412 e. The maximum Gasteiger partial charge on any atom is 0.412 e. The van der Waals surface area contributed by atoms with Gasteiger partial charge in [0.2, 0.25) is 0 Å². The van der Waals surface area contributed by atoms with Crippen molar-refractivity contribution in [3.8, 4) is 0 Å². The fraction of sp³-hybridized carbons (Fsp3) is 0.240. The standard InChI is InChI=1S/C25H29NO3Si/c1-30(2,3)29-24(23-17-11-6-12-18-23)26(19-21-13-7-4-8-14-21)25(27)28-20-22-15-9-5-10-16-22/h4-18,24H,19-20H2,1-3H3. The molecule has 4 nitrogen and oxygen atoms in total. The lowest BCUT2D eigenvalue weighted by Gasteiger charge is -2.35. The van der Waals surface area contributed by atoms with Gasteiger partial charge < -0.3 is 9.16 Å². The lowest BCUT2D eigenvalue weighted by molar-refractivity contribution is 0.00173. The maximum atomic E-state index is 13.3. The van der Waals surface area contributed by atoms with Gasteiger partial charge in [0.15, 0.2) is 14.5 Å². The molecule has 3 rings (SSSR count). The van der Waals surface area contributed by atoms with Gasteiger partial charge in [-0.2, -0.15) is 0 Å². The minimum atomic E-state index is -1.97. The first-order chi connectivity index (χ1) is 14.4. The number of benzene rings is 3. The molecule has 0 spiro atoms. The second-order valence-electron chi connectivity index (χ2n) is 8.15. The quantitative estimate of drug-likeness (QED) is 0.314. The number of hydrogen-bond donors (Lipinski definition) is 0. The Labute approximate surface area is 180 Å². The molecule has 0 heterocycles. The largest absolute Gasteiger partial charge is 0.444 e. The van der Waals surface area contributed by atoms with Crippen LogP contribution in [0.25, 0.3) is 0 Å². The van der Waals surface area contributed by atoms with Crippen LogP contribution >= 0.6 is 0 Å². The van der Waals surface area contributed by atoms with Gasteiger partial charge in [-0.05, 0) is 30.8 Å². The molecule has 156 valence electrons. The molecule has 1 atom stereocenters. The van der Waals surface area contributed by atoms with Crippen LogP contribution < -0.4 is 0 Å². The summed E-state index contributed by atoms with van der Waals surface area (Å²) < 4.78 is 12.2. The Bertz CT molecular complexity index is 911. The summed E-state index contributed by atoms with van der Waals surface area (Å²) in [5, 5.41) is 0. The van der Waals surface area contributed by atoms with Gasteiger partial charge in [0.1, 0.15) is 6.61 Å². The summed E-state index contributed by atoms with van der Waals surface area (Å²) in [6.45, 7) is 6.99. The van der Waals surface area contributed by atoms with Crippen LogP contribution in [0, 0.1) is 0 Å². The van der Waals surface area contributed by atoms with E-state index in [4.69, 9.17) is 9.16 Å². The molecule has 3 aromatic rings.